The molecule has 0 saturated heterocycles. The maximum atomic E-state index is 13.6. The van der Waals surface area contributed by atoms with Crippen LogP contribution in [-0.4, -0.2) is 21.6 Å². The molecule has 5 rings (SSSR count). The van der Waals surface area contributed by atoms with Crippen molar-refractivity contribution in [3.63, 3.8) is 0 Å². The average molecular weight is 518 g/mol. The van der Waals surface area contributed by atoms with E-state index in [1.165, 1.54) is 23.9 Å². The van der Waals surface area contributed by atoms with Crippen molar-refractivity contribution >= 4 is 40.2 Å². The quantitative estimate of drug-likeness (QED) is 0.224. The van der Waals surface area contributed by atoms with E-state index >= 15 is 0 Å². The Morgan fingerprint density at radius 1 is 0.947 bits per heavy atom. The van der Waals surface area contributed by atoms with Gasteiger partial charge in [0.1, 0.15) is 0 Å². The van der Waals surface area contributed by atoms with E-state index in [0.29, 0.717) is 11.3 Å². The van der Waals surface area contributed by atoms with Gasteiger partial charge in [-0.25, -0.2) is 9.64 Å². The van der Waals surface area contributed by atoms with E-state index in [2.05, 4.69) is 16.2 Å². The fourth-order valence-electron chi connectivity index (χ4n) is 4.31. The molecule has 0 unspecified atom stereocenters. The molecule has 6 nitrogen and oxygen atoms in total. The highest BCUT2D eigenvalue weighted by molar-refractivity contribution is 7.99. The van der Waals surface area contributed by atoms with Crippen LogP contribution in [0.2, 0.25) is 0 Å². The van der Waals surface area contributed by atoms with Crippen LogP contribution in [0.15, 0.2) is 107 Å². The molecule has 1 heterocycles. The molecule has 0 radical (unpaired) electrons. The van der Waals surface area contributed by atoms with Gasteiger partial charge in [0, 0.05) is 35.0 Å². The summed E-state index contributed by atoms with van der Waals surface area (Å²) < 4.78 is 2.02. The SMILES string of the molecule is [C-]#[N+]c1cccc(Sc2cn(C)c3cc(-c4ccccc4)cc(C(=O)NCc4ccc(C(=O)O)cc4)c23)c1. The number of aryl methyl sites for hydroxylation is 1. The zero-order valence-electron chi connectivity index (χ0n) is 20.5. The molecule has 1 aromatic heterocycles. The Morgan fingerprint density at radius 3 is 2.42 bits per heavy atom. The van der Waals surface area contributed by atoms with Crippen LogP contribution in [0.5, 0.6) is 0 Å². The van der Waals surface area contributed by atoms with E-state index in [9.17, 15) is 9.59 Å². The third kappa shape index (κ3) is 5.17. The van der Waals surface area contributed by atoms with Gasteiger partial charge >= 0.3 is 5.97 Å². The monoisotopic (exact) mass is 517 g/mol. The van der Waals surface area contributed by atoms with Crippen LogP contribution in [0, 0.1) is 6.57 Å². The molecule has 0 bridgehead atoms. The lowest BCUT2D eigenvalue weighted by Crippen LogP contribution is -2.23. The number of carbonyl (C=O) groups is 2. The van der Waals surface area contributed by atoms with Gasteiger partial charge in [-0.2, -0.15) is 0 Å². The average Bonchev–Trinajstić information content (AvgIpc) is 3.26. The molecule has 4 aromatic carbocycles. The lowest BCUT2D eigenvalue weighted by molar-refractivity contribution is 0.0696. The molecular formula is C31H23N3O3S. The molecule has 0 atom stereocenters. The number of fused-ring (bicyclic) bond motifs is 1. The van der Waals surface area contributed by atoms with Gasteiger partial charge in [0.25, 0.3) is 5.91 Å². The van der Waals surface area contributed by atoms with E-state index in [-0.39, 0.29) is 18.0 Å². The van der Waals surface area contributed by atoms with E-state index in [0.717, 1.165) is 37.4 Å². The highest BCUT2D eigenvalue weighted by Gasteiger charge is 2.19. The molecule has 0 spiro atoms. The molecule has 1 amide bonds. The highest BCUT2D eigenvalue weighted by atomic mass is 32.2. The third-order valence-corrected chi connectivity index (χ3v) is 7.25. The second-order valence-corrected chi connectivity index (χ2v) is 9.90. The Morgan fingerprint density at radius 2 is 1.71 bits per heavy atom. The first-order chi connectivity index (χ1) is 18.4. The number of hydrogen-bond acceptors (Lipinski definition) is 3. The predicted molar refractivity (Wildman–Crippen MR) is 150 cm³/mol. The number of nitrogens with one attached hydrogen (secondary N) is 1. The summed E-state index contributed by atoms with van der Waals surface area (Å²) in [5.41, 5.74) is 4.98. The zero-order valence-corrected chi connectivity index (χ0v) is 21.3. The fraction of sp³-hybridized carbons (Fsp3) is 0.0645. The minimum Gasteiger partial charge on any atom is -0.478 e. The van der Waals surface area contributed by atoms with Gasteiger partial charge in [-0.05, 0) is 47.0 Å². The lowest BCUT2D eigenvalue weighted by Gasteiger charge is -2.12. The van der Waals surface area contributed by atoms with Crippen molar-refractivity contribution in [3.05, 3.63) is 125 Å². The van der Waals surface area contributed by atoms with Gasteiger partial charge in [-0.1, -0.05) is 72.4 Å². The predicted octanol–water partition coefficient (Wildman–Crippen LogP) is 7.18. The second-order valence-electron chi connectivity index (χ2n) is 8.78. The van der Waals surface area contributed by atoms with Crippen LogP contribution in [0.3, 0.4) is 0 Å². The minimum absolute atomic E-state index is 0.200. The molecule has 0 saturated carbocycles. The number of rotatable bonds is 7. The van der Waals surface area contributed by atoms with Crippen LogP contribution < -0.4 is 5.32 Å². The van der Waals surface area contributed by atoms with Gasteiger partial charge in [0.15, 0.2) is 5.69 Å². The van der Waals surface area contributed by atoms with Crippen molar-refractivity contribution in [1.29, 1.82) is 0 Å². The van der Waals surface area contributed by atoms with Crippen LogP contribution in [0.4, 0.5) is 5.69 Å². The molecule has 2 N–H and O–H groups in total. The van der Waals surface area contributed by atoms with Crippen molar-refractivity contribution in [2.45, 2.75) is 16.3 Å². The number of aromatic carboxylic acids is 1. The molecule has 5 aromatic rings. The molecule has 0 fully saturated rings. The van der Waals surface area contributed by atoms with Crippen LogP contribution in [0.25, 0.3) is 26.9 Å². The van der Waals surface area contributed by atoms with Crippen LogP contribution in [0.1, 0.15) is 26.3 Å². The smallest absolute Gasteiger partial charge is 0.335 e. The largest absolute Gasteiger partial charge is 0.478 e. The van der Waals surface area contributed by atoms with Gasteiger partial charge in [-0.3, -0.25) is 4.79 Å². The maximum absolute atomic E-state index is 13.6. The standard InChI is InChI=1S/C31H23N3O3S/c1-32-24-9-6-10-25(17-24)38-28-19-34(2)27-16-23(21-7-4-3-5-8-21)15-26(29(27)28)30(35)33-18-20-11-13-22(14-12-20)31(36)37/h3-17,19H,18H2,2H3,(H,33,35)(H,36,37). The third-order valence-electron chi connectivity index (χ3n) is 6.24. The number of nitrogens with zero attached hydrogens (tertiary/aromatic N) is 2. The van der Waals surface area contributed by atoms with Crippen molar-refractivity contribution in [3.8, 4) is 11.1 Å². The van der Waals surface area contributed by atoms with E-state index in [4.69, 9.17) is 11.7 Å². The summed E-state index contributed by atoms with van der Waals surface area (Å²) in [5, 5.41) is 13.0. The summed E-state index contributed by atoms with van der Waals surface area (Å²) in [7, 11) is 1.96. The van der Waals surface area contributed by atoms with Gasteiger partial charge in [0.05, 0.1) is 23.2 Å². The number of carboxylic acid groups (broad SMARTS) is 1. The summed E-state index contributed by atoms with van der Waals surface area (Å²) in [5.74, 6) is -1.21. The molecule has 0 aliphatic heterocycles. The maximum Gasteiger partial charge on any atom is 0.335 e. The van der Waals surface area contributed by atoms with Crippen LogP contribution >= 0.6 is 11.8 Å². The van der Waals surface area contributed by atoms with E-state index in [1.807, 2.05) is 72.4 Å². The molecule has 0 aliphatic rings. The summed E-state index contributed by atoms with van der Waals surface area (Å²) in [6.45, 7) is 7.59. The topological polar surface area (TPSA) is 75.7 Å². The Balaban J connectivity index is 1.55. The van der Waals surface area contributed by atoms with Crippen molar-refractivity contribution in [1.82, 2.24) is 9.88 Å². The number of carboxylic acids is 1. The summed E-state index contributed by atoms with van der Waals surface area (Å²) in [6.07, 6.45) is 2.01. The molecule has 7 heteroatoms. The molecule has 186 valence electrons. The van der Waals surface area contributed by atoms with Crippen molar-refractivity contribution in [2.75, 3.05) is 0 Å². The Bertz CT molecular complexity index is 1700. The van der Waals surface area contributed by atoms with E-state index < -0.39 is 5.97 Å². The Labute approximate surface area is 224 Å². The second kappa shape index (κ2) is 10.7. The summed E-state index contributed by atoms with van der Waals surface area (Å²) in [4.78, 5) is 30.2. The van der Waals surface area contributed by atoms with Gasteiger partial charge in [0.2, 0.25) is 0 Å². The minimum atomic E-state index is -0.989. The highest BCUT2D eigenvalue weighted by Crippen LogP contribution is 2.39. The molecular weight excluding hydrogens is 494 g/mol. The Kier molecular flexibility index (Phi) is 6.98. The van der Waals surface area contributed by atoms with Gasteiger partial charge < -0.3 is 15.0 Å². The lowest BCUT2D eigenvalue weighted by atomic mass is 9.99. The summed E-state index contributed by atoms with van der Waals surface area (Å²) >= 11 is 1.52. The van der Waals surface area contributed by atoms with Crippen molar-refractivity contribution < 1.29 is 14.7 Å². The number of benzene rings is 4. The first kappa shape index (κ1) is 24.9. The van der Waals surface area contributed by atoms with E-state index in [1.54, 1.807) is 18.2 Å². The van der Waals surface area contributed by atoms with Gasteiger partial charge in [-0.15, -0.1) is 0 Å². The molecule has 0 aliphatic carbocycles. The Hall–Kier alpha value is -4.80. The number of amides is 1. The number of hydrogen-bond donors (Lipinski definition) is 2. The fourth-order valence-corrected chi connectivity index (χ4v) is 5.42. The summed E-state index contributed by atoms with van der Waals surface area (Å²) in [6, 6.07) is 27.8. The normalized spacial score (nSPS) is 10.7. The first-order valence-electron chi connectivity index (χ1n) is 11.9. The number of aromatic nitrogens is 1. The first-order valence-corrected chi connectivity index (χ1v) is 12.7. The van der Waals surface area contributed by atoms with Crippen molar-refractivity contribution in [2.24, 2.45) is 7.05 Å². The van der Waals surface area contributed by atoms with Crippen LogP contribution in [-0.2, 0) is 13.6 Å². The molecule has 38 heavy (non-hydrogen) atoms. The number of carbonyl (C=O) groups excluding carboxylic acids is 1. The zero-order chi connectivity index (χ0) is 26.6.